The molecule has 0 radical (unpaired) electrons. The molecule has 34 heavy (non-hydrogen) atoms. The van der Waals surface area contributed by atoms with Gasteiger partial charge in [0, 0.05) is 38.5 Å². The van der Waals surface area contributed by atoms with Crippen LogP contribution < -0.4 is 10.2 Å². The van der Waals surface area contributed by atoms with Gasteiger partial charge < -0.3 is 19.9 Å². The molecule has 1 aliphatic rings. The third-order valence-corrected chi connectivity index (χ3v) is 5.49. The SMILES string of the molecule is CC(C)(C)OC(=O)N1CCN(c2ccc(NC(=O)/C=C/c3c(Cl)nc4ccccn34)nc2)CC1. The molecule has 0 spiro atoms. The number of aromatic nitrogens is 3. The summed E-state index contributed by atoms with van der Waals surface area (Å²) in [5, 5.41) is 3.07. The Labute approximate surface area is 203 Å². The minimum Gasteiger partial charge on any atom is -0.444 e. The quantitative estimate of drug-likeness (QED) is 0.563. The lowest BCUT2D eigenvalue weighted by Gasteiger charge is -2.36. The molecule has 0 saturated carbocycles. The van der Waals surface area contributed by atoms with Gasteiger partial charge in [-0.25, -0.2) is 14.8 Å². The molecule has 0 unspecified atom stereocenters. The Bertz CT molecular complexity index is 1210. The molecule has 4 heterocycles. The van der Waals surface area contributed by atoms with Crippen LogP contribution in [0.5, 0.6) is 0 Å². The predicted molar refractivity (Wildman–Crippen MR) is 132 cm³/mol. The number of carbonyl (C=O) groups excluding carboxylic acids is 2. The fourth-order valence-corrected chi connectivity index (χ4v) is 3.82. The van der Waals surface area contributed by atoms with Crippen molar-refractivity contribution in [3.05, 3.63) is 59.6 Å². The molecule has 0 aliphatic carbocycles. The first-order valence-electron chi connectivity index (χ1n) is 11.0. The summed E-state index contributed by atoms with van der Waals surface area (Å²) in [7, 11) is 0. The van der Waals surface area contributed by atoms with Crippen LogP contribution in [-0.2, 0) is 9.53 Å². The fourth-order valence-electron chi connectivity index (χ4n) is 3.58. The van der Waals surface area contributed by atoms with Crippen molar-refractivity contribution in [1.29, 1.82) is 0 Å². The summed E-state index contributed by atoms with van der Waals surface area (Å²) in [4.78, 5) is 37.1. The highest BCUT2D eigenvalue weighted by Gasteiger charge is 2.26. The van der Waals surface area contributed by atoms with E-state index in [-0.39, 0.29) is 12.0 Å². The van der Waals surface area contributed by atoms with Gasteiger partial charge in [-0.3, -0.25) is 9.20 Å². The average Bonchev–Trinajstić information content (AvgIpc) is 3.12. The van der Waals surface area contributed by atoms with Gasteiger partial charge in [-0.1, -0.05) is 17.7 Å². The van der Waals surface area contributed by atoms with E-state index in [4.69, 9.17) is 16.3 Å². The Morgan fingerprint density at radius 2 is 1.88 bits per heavy atom. The van der Waals surface area contributed by atoms with Gasteiger partial charge in [-0.15, -0.1) is 0 Å². The van der Waals surface area contributed by atoms with E-state index in [1.165, 1.54) is 6.08 Å². The highest BCUT2D eigenvalue weighted by Crippen LogP contribution is 2.20. The number of nitrogens with one attached hydrogen (secondary N) is 1. The van der Waals surface area contributed by atoms with E-state index in [1.54, 1.807) is 23.2 Å². The van der Waals surface area contributed by atoms with E-state index in [2.05, 4.69) is 20.2 Å². The van der Waals surface area contributed by atoms with Gasteiger partial charge in [0.25, 0.3) is 0 Å². The van der Waals surface area contributed by atoms with Crippen LogP contribution >= 0.6 is 11.6 Å². The van der Waals surface area contributed by atoms with Crippen molar-refractivity contribution < 1.29 is 14.3 Å². The number of imidazole rings is 1. The molecular formula is C24H27ClN6O3. The summed E-state index contributed by atoms with van der Waals surface area (Å²) in [5.74, 6) is 0.114. The van der Waals surface area contributed by atoms with Crippen LogP contribution in [0.2, 0.25) is 5.15 Å². The molecule has 2 amide bonds. The topological polar surface area (TPSA) is 92.1 Å². The number of amides is 2. The summed E-state index contributed by atoms with van der Waals surface area (Å²) in [5.41, 5.74) is 1.75. The van der Waals surface area contributed by atoms with Crippen molar-refractivity contribution in [3.8, 4) is 0 Å². The lowest BCUT2D eigenvalue weighted by molar-refractivity contribution is -0.111. The predicted octanol–water partition coefficient (Wildman–Crippen LogP) is 4.09. The maximum Gasteiger partial charge on any atom is 0.410 e. The van der Waals surface area contributed by atoms with Crippen molar-refractivity contribution in [2.75, 3.05) is 36.4 Å². The van der Waals surface area contributed by atoms with E-state index in [1.807, 2.05) is 55.6 Å². The van der Waals surface area contributed by atoms with Crippen molar-refractivity contribution in [2.24, 2.45) is 0 Å². The Kier molecular flexibility index (Phi) is 6.74. The first-order valence-corrected chi connectivity index (χ1v) is 11.4. The number of hydrogen-bond donors (Lipinski definition) is 1. The minimum atomic E-state index is -0.507. The van der Waals surface area contributed by atoms with Crippen LogP contribution in [0.15, 0.2) is 48.8 Å². The number of nitrogens with zero attached hydrogens (tertiary/aromatic N) is 5. The Morgan fingerprint density at radius 1 is 1.12 bits per heavy atom. The number of halogens is 1. The number of pyridine rings is 2. The van der Waals surface area contributed by atoms with Gasteiger partial charge in [-0.05, 0) is 51.1 Å². The highest BCUT2D eigenvalue weighted by atomic mass is 35.5. The van der Waals surface area contributed by atoms with Gasteiger partial charge in [0.15, 0.2) is 5.15 Å². The van der Waals surface area contributed by atoms with E-state index in [0.717, 1.165) is 5.69 Å². The molecular weight excluding hydrogens is 456 g/mol. The third kappa shape index (κ3) is 5.66. The average molecular weight is 483 g/mol. The summed E-state index contributed by atoms with van der Waals surface area (Å²) in [6.07, 6.45) is 6.27. The van der Waals surface area contributed by atoms with Gasteiger partial charge in [0.2, 0.25) is 5.91 Å². The molecule has 1 fully saturated rings. The molecule has 9 nitrogen and oxygen atoms in total. The van der Waals surface area contributed by atoms with Crippen molar-refractivity contribution in [1.82, 2.24) is 19.3 Å². The number of hydrogen-bond acceptors (Lipinski definition) is 6. The lowest BCUT2D eigenvalue weighted by atomic mass is 10.2. The monoisotopic (exact) mass is 482 g/mol. The molecule has 1 aliphatic heterocycles. The van der Waals surface area contributed by atoms with Crippen LogP contribution in [0.3, 0.4) is 0 Å². The second-order valence-corrected chi connectivity index (χ2v) is 9.25. The molecule has 0 bridgehead atoms. The number of piperazine rings is 1. The fraction of sp³-hybridized carbons (Fsp3) is 0.333. The molecule has 0 aromatic carbocycles. The number of anilines is 2. The molecule has 1 N–H and O–H groups in total. The largest absolute Gasteiger partial charge is 0.444 e. The molecule has 3 aromatic heterocycles. The van der Waals surface area contributed by atoms with Gasteiger partial charge in [-0.2, -0.15) is 0 Å². The zero-order valence-corrected chi connectivity index (χ0v) is 20.1. The van der Waals surface area contributed by atoms with Crippen LogP contribution in [0.25, 0.3) is 11.7 Å². The van der Waals surface area contributed by atoms with E-state index in [9.17, 15) is 9.59 Å². The maximum atomic E-state index is 12.4. The Morgan fingerprint density at radius 3 is 2.56 bits per heavy atom. The van der Waals surface area contributed by atoms with Crippen LogP contribution in [0.4, 0.5) is 16.3 Å². The van der Waals surface area contributed by atoms with Crippen molar-refractivity contribution in [2.45, 2.75) is 26.4 Å². The molecule has 178 valence electrons. The van der Waals surface area contributed by atoms with Crippen LogP contribution in [-0.4, -0.2) is 63.0 Å². The molecule has 10 heteroatoms. The minimum absolute atomic E-state index is 0.290. The standard InChI is InChI=1S/C24H27ClN6O3/c1-24(2,3)34-23(33)30-14-12-29(13-15-30)17-7-9-19(26-16-17)27-21(32)10-8-18-22(25)28-20-6-4-5-11-31(18)20/h4-11,16H,12-15H2,1-3H3,(H,26,27,32)/b10-8+. The third-order valence-electron chi connectivity index (χ3n) is 5.21. The summed E-state index contributed by atoms with van der Waals surface area (Å²) in [6, 6.07) is 9.23. The first kappa shape index (κ1) is 23.6. The zero-order chi connectivity index (χ0) is 24.3. The summed E-state index contributed by atoms with van der Waals surface area (Å²) in [6.45, 7) is 8.08. The second-order valence-electron chi connectivity index (χ2n) is 8.90. The molecule has 3 aromatic rings. The van der Waals surface area contributed by atoms with E-state index in [0.29, 0.717) is 48.5 Å². The number of fused-ring (bicyclic) bond motifs is 1. The molecule has 4 rings (SSSR count). The lowest BCUT2D eigenvalue weighted by Crippen LogP contribution is -2.50. The van der Waals surface area contributed by atoms with Crippen molar-refractivity contribution in [3.63, 3.8) is 0 Å². The highest BCUT2D eigenvalue weighted by molar-refractivity contribution is 6.31. The molecule has 1 saturated heterocycles. The molecule has 0 atom stereocenters. The second kappa shape index (κ2) is 9.72. The van der Waals surface area contributed by atoms with Crippen LogP contribution in [0, 0.1) is 0 Å². The van der Waals surface area contributed by atoms with E-state index < -0.39 is 5.60 Å². The van der Waals surface area contributed by atoms with Gasteiger partial charge >= 0.3 is 6.09 Å². The smallest absolute Gasteiger partial charge is 0.410 e. The number of carbonyl (C=O) groups is 2. The normalized spacial score (nSPS) is 14.6. The maximum absolute atomic E-state index is 12.4. The summed E-state index contributed by atoms with van der Waals surface area (Å²) < 4.78 is 7.25. The van der Waals surface area contributed by atoms with Crippen molar-refractivity contribution >= 4 is 46.8 Å². The first-order chi connectivity index (χ1) is 16.2. The van der Waals surface area contributed by atoms with Gasteiger partial charge in [0.05, 0.1) is 17.6 Å². The summed E-state index contributed by atoms with van der Waals surface area (Å²) >= 11 is 6.20. The van der Waals surface area contributed by atoms with Gasteiger partial charge in [0.1, 0.15) is 17.1 Å². The van der Waals surface area contributed by atoms with E-state index >= 15 is 0 Å². The Hall–Kier alpha value is -3.59. The number of rotatable bonds is 4. The number of ether oxygens (including phenoxy) is 1. The van der Waals surface area contributed by atoms with Crippen LogP contribution in [0.1, 0.15) is 26.5 Å². The Balaban J connectivity index is 1.32. The zero-order valence-electron chi connectivity index (χ0n) is 19.4.